The van der Waals surface area contributed by atoms with Gasteiger partial charge in [-0.05, 0) is 37.4 Å². The lowest BCUT2D eigenvalue weighted by molar-refractivity contribution is 0.264. The summed E-state index contributed by atoms with van der Waals surface area (Å²) in [6.07, 6.45) is 3.09. The van der Waals surface area contributed by atoms with Gasteiger partial charge in [0, 0.05) is 25.2 Å². The predicted molar refractivity (Wildman–Crippen MR) is 92.5 cm³/mol. The average Bonchev–Trinajstić information content (AvgIpc) is 2.91. The summed E-state index contributed by atoms with van der Waals surface area (Å²) >= 11 is 0. The summed E-state index contributed by atoms with van der Waals surface area (Å²) in [6, 6.07) is 8.63. The summed E-state index contributed by atoms with van der Waals surface area (Å²) in [7, 11) is 2.18. The number of aliphatic hydroxyl groups is 1. The van der Waals surface area contributed by atoms with Gasteiger partial charge in [-0.25, -0.2) is 0 Å². The van der Waals surface area contributed by atoms with Gasteiger partial charge in [0.25, 0.3) is 0 Å². The number of piperidine rings is 1. The maximum absolute atomic E-state index is 9.58. The molecule has 0 amide bonds. The second kappa shape index (κ2) is 6.84. The number of aryl methyl sites for hydroxylation is 1. The lowest BCUT2D eigenvalue weighted by Crippen LogP contribution is -2.27. The fourth-order valence-electron chi connectivity index (χ4n) is 3.69. The van der Waals surface area contributed by atoms with E-state index in [-0.39, 0.29) is 12.1 Å². The van der Waals surface area contributed by atoms with Crippen LogP contribution in [-0.2, 0) is 19.6 Å². The summed E-state index contributed by atoms with van der Waals surface area (Å²) in [5.41, 5.74) is 5.38. The third-order valence-corrected chi connectivity index (χ3v) is 5.03. The minimum absolute atomic E-state index is 0. The third kappa shape index (κ3) is 2.77. The molecule has 0 radical (unpaired) electrons. The van der Waals surface area contributed by atoms with Crippen molar-refractivity contribution in [2.24, 2.45) is 0 Å². The molecule has 0 atom stereocenters. The number of aliphatic hydroxyl groups excluding tert-OH is 1. The fraction of sp³-hybridized carbons (Fsp3) is 0.444. The van der Waals surface area contributed by atoms with Crippen LogP contribution in [0.3, 0.4) is 0 Å². The molecule has 3 N–H and O–H groups in total. The van der Waals surface area contributed by atoms with Crippen LogP contribution in [0.4, 0.5) is 0 Å². The van der Waals surface area contributed by atoms with Gasteiger partial charge >= 0.3 is 0 Å². The van der Waals surface area contributed by atoms with E-state index < -0.39 is 0 Å². The lowest BCUT2D eigenvalue weighted by Gasteiger charge is -2.26. The largest absolute Gasteiger partial charge is 0.412 e. The molecule has 0 aliphatic carbocycles. The van der Waals surface area contributed by atoms with Crippen molar-refractivity contribution in [2.45, 2.75) is 32.4 Å². The Balaban J connectivity index is 0.00000169. The van der Waals surface area contributed by atoms with E-state index in [0.717, 1.165) is 44.7 Å². The smallest absolute Gasteiger partial charge is 0.164 e. The fourth-order valence-corrected chi connectivity index (χ4v) is 3.69. The summed E-state index contributed by atoms with van der Waals surface area (Å²) < 4.78 is 2.10. The molecule has 0 saturated carbocycles. The van der Waals surface area contributed by atoms with Crippen molar-refractivity contribution in [2.75, 3.05) is 20.1 Å². The molecule has 0 unspecified atom stereocenters. The first kappa shape index (κ1) is 16.8. The van der Waals surface area contributed by atoms with Crippen molar-refractivity contribution in [3.8, 4) is 0 Å². The van der Waals surface area contributed by atoms with E-state index in [4.69, 9.17) is 0 Å². The van der Waals surface area contributed by atoms with Crippen molar-refractivity contribution in [3.05, 3.63) is 52.6 Å². The quantitative estimate of drug-likeness (QED) is 0.847. The highest BCUT2D eigenvalue weighted by atomic mass is 16.3. The second-order valence-corrected chi connectivity index (χ2v) is 6.44. The molecule has 1 aromatic carbocycles. The number of benzene rings is 1. The Labute approximate surface area is 141 Å². The molecule has 128 valence electrons. The Bertz CT molecular complexity index is 756. The van der Waals surface area contributed by atoms with E-state index in [1.165, 1.54) is 22.3 Å². The first-order valence-electron chi connectivity index (χ1n) is 8.30. The standard InChI is InChI=1S/C18H22N4O.H2O/c1-21-9-6-14(7-10-21)17-15-5-3-2-4-13(15)8-11-22-16(12-23)19-20-18(17)22;/h2-5,23H,6-12H2,1H3;1H2. The summed E-state index contributed by atoms with van der Waals surface area (Å²) in [5, 5.41) is 18.2. The minimum atomic E-state index is -0.0608. The van der Waals surface area contributed by atoms with E-state index in [1.807, 2.05) is 0 Å². The van der Waals surface area contributed by atoms with Gasteiger partial charge in [0.05, 0.1) is 0 Å². The molecule has 24 heavy (non-hydrogen) atoms. The molecule has 3 heterocycles. The van der Waals surface area contributed by atoms with Crippen molar-refractivity contribution in [3.63, 3.8) is 0 Å². The molecule has 2 aromatic rings. The van der Waals surface area contributed by atoms with Crippen LogP contribution in [0, 0.1) is 0 Å². The van der Waals surface area contributed by atoms with Crippen molar-refractivity contribution in [1.82, 2.24) is 19.7 Å². The summed E-state index contributed by atoms with van der Waals surface area (Å²) in [6.45, 7) is 2.94. The first-order valence-corrected chi connectivity index (χ1v) is 8.30. The maximum atomic E-state index is 9.58. The molecule has 0 bridgehead atoms. The highest BCUT2D eigenvalue weighted by Crippen LogP contribution is 2.35. The van der Waals surface area contributed by atoms with Crippen LogP contribution in [0.15, 0.2) is 29.8 Å². The Morgan fingerprint density at radius 1 is 1.04 bits per heavy atom. The molecule has 1 aromatic heterocycles. The van der Waals surface area contributed by atoms with Gasteiger partial charge in [-0.3, -0.25) is 0 Å². The van der Waals surface area contributed by atoms with E-state index in [2.05, 4.69) is 51.0 Å². The van der Waals surface area contributed by atoms with E-state index >= 15 is 0 Å². The predicted octanol–water partition coefficient (Wildman–Crippen LogP) is 1.03. The zero-order valence-electron chi connectivity index (χ0n) is 14.0. The average molecular weight is 328 g/mol. The molecule has 2 aliphatic heterocycles. The third-order valence-electron chi connectivity index (χ3n) is 5.03. The van der Waals surface area contributed by atoms with Gasteiger partial charge in [0.15, 0.2) is 11.6 Å². The number of likely N-dealkylation sites (tertiary alicyclic amines) is 1. The Morgan fingerprint density at radius 3 is 2.54 bits per heavy atom. The maximum Gasteiger partial charge on any atom is 0.164 e. The molecule has 0 spiro atoms. The number of hydrogen-bond donors (Lipinski definition) is 1. The lowest BCUT2D eigenvalue weighted by atomic mass is 9.90. The van der Waals surface area contributed by atoms with Crippen molar-refractivity contribution < 1.29 is 10.6 Å². The number of nitrogens with zero attached hydrogens (tertiary/aromatic N) is 4. The number of aromatic nitrogens is 3. The molecule has 1 saturated heterocycles. The number of rotatable bonds is 1. The zero-order chi connectivity index (χ0) is 15.8. The van der Waals surface area contributed by atoms with Crippen LogP contribution in [0.1, 0.15) is 35.6 Å². The number of hydrogen-bond acceptors (Lipinski definition) is 4. The van der Waals surface area contributed by atoms with Crippen molar-refractivity contribution in [1.29, 1.82) is 0 Å². The normalized spacial score (nSPS) is 17.8. The zero-order valence-corrected chi connectivity index (χ0v) is 14.0. The topological polar surface area (TPSA) is 85.7 Å². The molecular formula is C18H24N4O2. The van der Waals surface area contributed by atoms with Gasteiger partial charge < -0.3 is 20.0 Å². The molecular weight excluding hydrogens is 304 g/mol. The van der Waals surface area contributed by atoms with Crippen LogP contribution < -0.4 is 0 Å². The van der Waals surface area contributed by atoms with Gasteiger partial charge in [-0.2, -0.15) is 0 Å². The Hall–Kier alpha value is -2.02. The van der Waals surface area contributed by atoms with E-state index in [1.54, 1.807) is 0 Å². The van der Waals surface area contributed by atoms with E-state index in [9.17, 15) is 5.11 Å². The Kier molecular flexibility index (Phi) is 4.80. The van der Waals surface area contributed by atoms with E-state index in [0.29, 0.717) is 5.82 Å². The SMILES string of the molecule is CN1CCC(=C2c3ccccc3CCn3c(CO)nnc32)CC1.O. The summed E-state index contributed by atoms with van der Waals surface area (Å²) in [4.78, 5) is 2.37. The highest BCUT2D eigenvalue weighted by Gasteiger charge is 2.26. The van der Waals surface area contributed by atoms with Crippen LogP contribution in [0.5, 0.6) is 0 Å². The molecule has 1 fully saturated rings. The van der Waals surface area contributed by atoms with Gasteiger partial charge in [0.1, 0.15) is 6.61 Å². The molecule has 4 rings (SSSR count). The molecule has 6 heteroatoms. The minimum Gasteiger partial charge on any atom is -0.412 e. The van der Waals surface area contributed by atoms with Gasteiger partial charge in [-0.1, -0.05) is 29.8 Å². The van der Waals surface area contributed by atoms with Gasteiger partial charge in [-0.15, -0.1) is 10.2 Å². The van der Waals surface area contributed by atoms with Crippen LogP contribution in [-0.4, -0.2) is 50.4 Å². The monoisotopic (exact) mass is 328 g/mol. The molecule has 2 aliphatic rings. The van der Waals surface area contributed by atoms with Crippen LogP contribution in [0.25, 0.3) is 5.57 Å². The van der Waals surface area contributed by atoms with Crippen molar-refractivity contribution >= 4 is 5.57 Å². The first-order chi connectivity index (χ1) is 11.3. The Morgan fingerprint density at radius 2 is 1.79 bits per heavy atom. The number of fused-ring (bicyclic) bond motifs is 2. The molecule has 6 nitrogen and oxygen atoms in total. The van der Waals surface area contributed by atoms with Gasteiger partial charge in [0.2, 0.25) is 0 Å². The van der Waals surface area contributed by atoms with Crippen LogP contribution in [0.2, 0.25) is 0 Å². The highest BCUT2D eigenvalue weighted by molar-refractivity contribution is 5.81. The summed E-state index contributed by atoms with van der Waals surface area (Å²) in [5.74, 6) is 1.59. The second-order valence-electron chi connectivity index (χ2n) is 6.44. The van der Waals surface area contributed by atoms with Crippen LogP contribution >= 0.6 is 0 Å².